The van der Waals surface area contributed by atoms with Gasteiger partial charge in [0.1, 0.15) is 102 Å². The number of para-hydroxylation sites is 2. The number of aromatic nitrogens is 14. The molecule has 11 heterocycles. The quantitative estimate of drug-likeness (QED) is 0.0157. The van der Waals surface area contributed by atoms with Crippen LogP contribution in [-0.4, -0.2) is 174 Å². The molecule has 638 valence electrons. The minimum absolute atomic E-state index is 0.00134. The minimum Gasteiger partial charge on any atom is -0.492 e. The van der Waals surface area contributed by atoms with E-state index >= 15 is 13.3 Å². The van der Waals surface area contributed by atoms with E-state index in [9.17, 15) is 28.8 Å². The highest BCUT2D eigenvalue weighted by Gasteiger charge is 2.55. The van der Waals surface area contributed by atoms with Crippen LogP contribution < -0.4 is 30.2 Å². The number of ether oxygens (including phenoxy) is 7. The van der Waals surface area contributed by atoms with Crippen molar-refractivity contribution in [2.75, 3.05) is 42.4 Å². The van der Waals surface area contributed by atoms with Gasteiger partial charge in [0.05, 0.1) is 84.8 Å². The molecule has 3 fully saturated rings. The molecular weight excluding hydrogens is 1670 g/mol. The lowest BCUT2D eigenvalue weighted by Gasteiger charge is -2.30. The summed E-state index contributed by atoms with van der Waals surface area (Å²) >= 11 is 0.656. The molecule has 0 bridgehead atoms. The Morgan fingerprint density at radius 1 is 0.710 bits per heavy atom. The lowest BCUT2D eigenvalue weighted by molar-refractivity contribution is -0.134. The number of aliphatic hydroxyl groups is 1. The zero-order valence-electron chi connectivity index (χ0n) is 67.0. The fourth-order valence-corrected chi connectivity index (χ4v) is 19.5. The Morgan fingerprint density at radius 3 is 2.10 bits per heavy atom. The predicted molar refractivity (Wildman–Crippen MR) is 448 cm³/mol. The molecule has 0 aliphatic carbocycles. The Hall–Kier alpha value is -11.9. The van der Waals surface area contributed by atoms with E-state index in [2.05, 4.69) is 45.5 Å². The fourth-order valence-electron chi connectivity index (χ4n) is 15.1. The van der Waals surface area contributed by atoms with Crippen LogP contribution >= 0.6 is 25.7 Å². The summed E-state index contributed by atoms with van der Waals surface area (Å²) in [5.41, 5.74) is 13.5. The highest BCUT2D eigenvalue weighted by molar-refractivity contribution is 8.54. The van der Waals surface area contributed by atoms with Gasteiger partial charge in [-0.1, -0.05) is 90.1 Å². The van der Waals surface area contributed by atoms with Crippen molar-refractivity contribution in [1.82, 2.24) is 68.6 Å². The lowest BCUT2D eigenvalue weighted by atomic mass is 9.95. The van der Waals surface area contributed by atoms with E-state index in [1.165, 1.54) is 40.2 Å². The normalized spacial score (nSPS) is 21.5. The summed E-state index contributed by atoms with van der Waals surface area (Å²) < 4.78 is 134. The van der Waals surface area contributed by atoms with Gasteiger partial charge < -0.3 is 62.5 Å². The van der Waals surface area contributed by atoms with Crippen molar-refractivity contribution in [3.05, 3.63) is 205 Å². The second kappa shape index (κ2) is 35.8. The third-order valence-corrected chi connectivity index (χ3v) is 25.7. The molecule has 13 aromatic rings. The molecule has 7 aromatic heterocycles. The smallest absolute Gasteiger partial charge is 0.413 e. The van der Waals surface area contributed by atoms with E-state index in [0.717, 1.165) is 22.8 Å². The maximum absolute atomic E-state index is 17.2. The van der Waals surface area contributed by atoms with E-state index in [4.69, 9.17) is 74.5 Å². The number of nitrogen functional groups attached to an aromatic ring is 1. The Balaban J connectivity index is 0.498. The van der Waals surface area contributed by atoms with Crippen LogP contribution in [0.25, 0.3) is 66.8 Å². The van der Waals surface area contributed by atoms with Crippen molar-refractivity contribution in [2.24, 2.45) is 0 Å². The van der Waals surface area contributed by atoms with Crippen LogP contribution in [0.3, 0.4) is 0 Å². The number of halogens is 2. The third kappa shape index (κ3) is 18.1. The number of carbonyl (C=O) groups is 4. The highest BCUT2D eigenvalue weighted by Crippen LogP contribution is 2.65. The van der Waals surface area contributed by atoms with Gasteiger partial charge in [0.2, 0.25) is 13.5 Å². The zero-order valence-corrected chi connectivity index (χ0v) is 69.6. The number of nitrogens with two attached hydrogens (primary N) is 1. The number of anilines is 3. The molecule has 35 nitrogen and oxygen atoms in total. The lowest BCUT2D eigenvalue weighted by Crippen LogP contribution is -2.37. The van der Waals surface area contributed by atoms with E-state index in [1.807, 2.05) is 84.3 Å². The van der Waals surface area contributed by atoms with E-state index in [1.54, 1.807) is 91.0 Å². The number of hydrogen-bond donors (Lipinski definition) is 3. The van der Waals surface area contributed by atoms with Crippen LogP contribution in [-0.2, 0) is 94.4 Å². The maximum atomic E-state index is 17.2. The van der Waals surface area contributed by atoms with Crippen LogP contribution in [0.2, 0.25) is 0 Å². The van der Waals surface area contributed by atoms with Crippen molar-refractivity contribution >= 4 is 119 Å². The zero-order chi connectivity index (χ0) is 86.1. The van der Waals surface area contributed by atoms with Crippen LogP contribution in [0.5, 0.6) is 17.2 Å². The molecule has 17 rings (SSSR count). The molecule has 3 saturated heterocycles. The standard InChI is InChI=1S/C83H80BF2N17O18P2S/c1-5-111-40-62-95-69-71(100(62)42-83(3,4)108)56-16-8-10-18-58(56)94-76(69)96-82(107)113-37-48-22-28-53(29-23-48)116-64(105)21-13-12-20-63(104)99-36-51-14-6-7-15-55(51)68-72(57-17-9-11-19-59(57)99)103(98-97-68)34-35-112-52-32-26-50(27-33-52)81(106)117-54-30-24-49(25-31-54)41-124-123(110)115-39-61-73(65(85)79(119-61)102-46-93-70-75(87)89-44-91-78(70)102)120-122(84,109)114-38-60-74(121-123)66(86)80(118-60)101-45-92-67-47(2)88-43-90-77(67)101/h6-11,14-19,22-33,43-46,60-61,65-66,73-74,79-80,108H,5,12-13,20-21,34-42H2,1-4H3,(H2,87,89,91)(H,94,96,107)/t60-,61-,65-,66-,73-,74-,79-,80-,122-,123-/m1/s1. The molecule has 4 aliphatic rings. The van der Waals surface area contributed by atoms with Gasteiger partial charge in [0.25, 0.3) is 7.47 Å². The van der Waals surface area contributed by atoms with Gasteiger partial charge >= 0.3 is 24.8 Å². The van der Waals surface area contributed by atoms with Crippen LogP contribution in [0.4, 0.5) is 30.9 Å². The average molecular weight is 1750 g/mol. The summed E-state index contributed by atoms with van der Waals surface area (Å²) in [6.07, 6.45) is -8.86. The largest absolute Gasteiger partial charge is 0.492 e. The summed E-state index contributed by atoms with van der Waals surface area (Å²) in [7, 11) is 1.35. The molecule has 0 unspecified atom stereocenters. The molecule has 4 N–H and O–H groups in total. The monoisotopic (exact) mass is 1750 g/mol. The summed E-state index contributed by atoms with van der Waals surface area (Å²) in [5, 5.41) is 23.7. The Kier molecular flexibility index (Phi) is 24.3. The minimum atomic E-state index is -4.75. The number of aryl methyl sites for hydroxylation is 1. The topological polar surface area (TPSA) is 414 Å². The highest BCUT2D eigenvalue weighted by atomic mass is 32.7. The number of pyridine rings is 1. The Morgan fingerprint density at radius 2 is 1.35 bits per heavy atom. The predicted octanol–water partition coefficient (Wildman–Crippen LogP) is 13.4. The number of fused-ring (bicyclic) bond motifs is 12. The van der Waals surface area contributed by atoms with Gasteiger partial charge in [-0.05, 0) is 129 Å². The van der Waals surface area contributed by atoms with Crippen molar-refractivity contribution < 1.29 is 93.4 Å². The van der Waals surface area contributed by atoms with Gasteiger partial charge in [-0.15, -0.1) is 5.10 Å². The molecule has 2 radical (unpaired) electrons. The SMILES string of the molecule is [B][P@@]1(=O)OC[C@H]2O[C@@H](n3cnc4c(C)ncnc43)[C@H](F)[C@@H]2O[P@](=O)(SCc2ccc(OC(=O)c3ccc(OCCn4nnc5c4-c4ccccc4N(C(=O)CCCCC(=O)Oc4ccc(COC(=O)Nc6nc7ccccc7c7c6nc(COCC)n7CC(C)(C)O)cc4)Cc4ccccc4-5)cc3)cc2)OC[C@H]2O[C@@H](n3cnc4c(N)ncnc43)[C@H](F)[C@@H]2O1. The second-order valence-corrected chi connectivity index (χ2v) is 35.8. The fraction of sp³-hybridized carbons (Fsp3) is 0.325. The maximum Gasteiger partial charge on any atom is 0.413 e. The molecule has 6 aromatic carbocycles. The van der Waals surface area contributed by atoms with Gasteiger partial charge in [-0.2, -0.15) is 0 Å². The summed E-state index contributed by atoms with van der Waals surface area (Å²) in [5.74, 6) is 0.170. The number of unbranched alkanes of at least 4 members (excludes halogenated alkanes) is 1. The first-order chi connectivity index (χ1) is 59.9. The first-order valence-electron chi connectivity index (χ1n) is 39.6. The molecule has 4 aliphatic heterocycles. The first-order valence-corrected chi connectivity index (χ1v) is 44.4. The summed E-state index contributed by atoms with van der Waals surface area (Å²) in [4.78, 5) is 91.2. The average Bonchev–Trinajstić information content (AvgIpc) is 1.31. The summed E-state index contributed by atoms with van der Waals surface area (Å²) in [6.45, 7) is 2.11. The molecular formula is C83H80BF2N17O18P2S. The van der Waals surface area contributed by atoms with Gasteiger partial charge in [0, 0.05) is 41.7 Å². The van der Waals surface area contributed by atoms with Gasteiger partial charge in [-0.3, -0.25) is 37.7 Å². The molecule has 0 saturated carbocycles. The Bertz CT molecular complexity index is 6290. The van der Waals surface area contributed by atoms with E-state index in [0.29, 0.717) is 110 Å². The van der Waals surface area contributed by atoms with Crippen LogP contribution in [0.1, 0.15) is 97.5 Å². The number of carbonyl (C=O) groups excluding carboxylic acids is 4. The molecule has 2 amide bonds. The van der Waals surface area contributed by atoms with Crippen molar-refractivity contribution in [1.29, 1.82) is 0 Å². The number of nitrogens with one attached hydrogen (secondary N) is 1. The summed E-state index contributed by atoms with van der Waals surface area (Å²) in [6, 6.07) is 41.9. The van der Waals surface area contributed by atoms with E-state index in [-0.39, 0.29) is 104 Å². The number of imidazole rings is 3. The van der Waals surface area contributed by atoms with Crippen molar-refractivity contribution in [2.45, 2.75) is 147 Å². The molecule has 10 atom stereocenters. The number of benzene rings is 6. The molecule has 124 heavy (non-hydrogen) atoms. The number of hydrogen-bond acceptors (Lipinski definition) is 30. The molecule has 41 heteroatoms. The van der Waals surface area contributed by atoms with Gasteiger partial charge in [0.15, 0.2) is 47.7 Å². The third-order valence-electron chi connectivity index (χ3n) is 21.0. The molecule has 0 spiro atoms. The second-order valence-electron chi connectivity index (χ2n) is 30.2. The van der Waals surface area contributed by atoms with Crippen LogP contribution in [0.15, 0.2) is 171 Å². The van der Waals surface area contributed by atoms with Gasteiger partial charge in [-0.25, -0.2) is 67.5 Å². The number of rotatable bonds is 25. The first kappa shape index (κ1) is 84.4. The van der Waals surface area contributed by atoms with Crippen LogP contribution in [0, 0.1) is 6.92 Å². The van der Waals surface area contributed by atoms with Crippen molar-refractivity contribution in [3.63, 3.8) is 0 Å². The van der Waals surface area contributed by atoms with Crippen molar-refractivity contribution in [3.8, 4) is 39.8 Å². The number of esters is 2. The Labute approximate surface area is 710 Å². The number of alkyl halides is 2. The van der Waals surface area contributed by atoms with E-state index < -0.39 is 100 Å². The number of amides is 2. The number of nitrogens with zero attached hydrogens (tertiary/aromatic N) is 15.